The molecular weight excluding hydrogens is 126 g/mol. The quantitative estimate of drug-likeness (QED) is 0.501. The second-order valence-electron chi connectivity index (χ2n) is 3.34. The van der Waals surface area contributed by atoms with E-state index < -0.39 is 0 Å². The zero-order valence-corrected chi connectivity index (χ0v) is 7.13. The van der Waals surface area contributed by atoms with Gasteiger partial charge in [-0.3, -0.25) is 0 Å². The van der Waals surface area contributed by atoms with Gasteiger partial charge in [0.25, 0.3) is 0 Å². The molecule has 0 unspecified atom stereocenters. The molecule has 2 aliphatic heterocycles. The molecule has 0 aromatic rings. The topological polar surface area (TPSA) is 12.5 Å². The van der Waals surface area contributed by atoms with Crippen LogP contribution in [0.25, 0.3) is 0 Å². The number of ether oxygens (including phenoxy) is 1. The number of nitrogens with zero attached hydrogens (tertiary/aromatic N) is 1. The summed E-state index contributed by atoms with van der Waals surface area (Å²) in [7, 11) is 5.48. The lowest BCUT2D eigenvalue weighted by Gasteiger charge is -2.23. The summed E-state index contributed by atoms with van der Waals surface area (Å²) in [6, 6.07) is 0.991. The average Bonchev–Trinajstić information content (AvgIpc) is 2.22. The van der Waals surface area contributed by atoms with Crippen LogP contribution >= 0.6 is 0 Å². The molecule has 0 radical (unpaired) electrons. The molecule has 0 spiro atoms. The molecule has 60 valence electrons. The molecule has 0 aromatic heterocycles. The first-order valence-electron chi connectivity index (χ1n) is 3.88. The number of hydrogen-bond acceptors (Lipinski definition) is 2. The SMILES string of the molecule is CN1CC2CC1C2.COC. The molecule has 2 heteroatoms. The van der Waals surface area contributed by atoms with Crippen LogP contribution in [0.4, 0.5) is 0 Å². The van der Waals surface area contributed by atoms with E-state index in [4.69, 9.17) is 0 Å². The summed E-state index contributed by atoms with van der Waals surface area (Å²) >= 11 is 0. The number of fused-ring (bicyclic) bond motifs is 1. The average molecular weight is 143 g/mol. The highest BCUT2D eigenvalue weighted by atomic mass is 16.4. The molecule has 2 nitrogen and oxygen atoms in total. The van der Waals surface area contributed by atoms with Crippen molar-refractivity contribution in [2.45, 2.75) is 18.9 Å². The largest absolute Gasteiger partial charge is 0.388 e. The zero-order valence-electron chi connectivity index (χ0n) is 7.13. The summed E-state index contributed by atoms with van der Waals surface area (Å²) in [5, 5.41) is 0. The Morgan fingerprint density at radius 1 is 1.30 bits per heavy atom. The summed E-state index contributed by atoms with van der Waals surface area (Å²) < 4.78 is 4.25. The Hall–Kier alpha value is -0.0800. The maximum atomic E-state index is 4.25. The summed E-state index contributed by atoms with van der Waals surface area (Å²) in [5.41, 5.74) is 0. The Balaban J connectivity index is 0.000000148. The predicted octanol–water partition coefficient (Wildman–Crippen LogP) is 0.973. The van der Waals surface area contributed by atoms with Crippen molar-refractivity contribution in [2.24, 2.45) is 5.92 Å². The monoisotopic (exact) mass is 143 g/mol. The zero-order chi connectivity index (χ0) is 7.56. The van der Waals surface area contributed by atoms with Gasteiger partial charge in [-0.15, -0.1) is 0 Å². The van der Waals surface area contributed by atoms with Gasteiger partial charge in [0.05, 0.1) is 0 Å². The lowest BCUT2D eigenvalue weighted by atomic mass is 9.86. The fourth-order valence-electron chi connectivity index (χ4n) is 1.77. The van der Waals surface area contributed by atoms with Crippen molar-refractivity contribution < 1.29 is 4.74 Å². The lowest BCUT2D eigenvalue weighted by molar-refractivity contribution is 0.277. The van der Waals surface area contributed by atoms with E-state index in [1.807, 2.05) is 0 Å². The van der Waals surface area contributed by atoms with Crippen molar-refractivity contribution in [3.63, 3.8) is 0 Å². The van der Waals surface area contributed by atoms with Gasteiger partial charge in [-0.1, -0.05) is 0 Å². The molecule has 0 amide bonds. The van der Waals surface area contributed by atoms with Crippen LogP contribution in [0, 0.1) is 5.92 Å². The van der Waals surface area contributed by atoms with Crippen molar-refractivity contribution in [2.75, 3.05) is 27.8 Å². The van der Waals surface area contributed by atoms with Gasteiger partial charge in [0.15, 0.2) is 0 Å². The molecule has 3 fully saturated rings. The van der Waals surface area contributed by atoms with Crippen molar-refractivity contribution >= 4 is 0 Å². The molecule has 0 atom stereocenters. The molecule has 3 rings (SSSR count). The highest BCUT2D eigenvalue weighted by molar-refractivity contribution is 4.94. The minimum atomic E-state index is 0.991. The van der Waals surface area contributed by atoms with Crippen LogP contribution in [0.3, 0.4) is 0 Å². The summed E-state index contributed by atoms with van der Waals surface area (Å²) in [5.74, 6) is 1.09. The first kappa shape index (κ1) is 8.02. The highest BCUT2D eigenvalue weighted by Crippen LogP contribution is 2.38. The Morgan fingerprint density at radius 3 is 1.90 bits per heavy atom. The van der Waals surface area contributed by atoms with Crippen LogP contribution in [-0.4, -0.2) is 38.8 Å². The van der Waals surface area contributed by atoms with Crippen molar-refractivity contribution in [3.8, 4) is 0 Å². The number of hydrogen-bond donors (Lipinski definition) is 0. The molecule has 3 aliphatic rings. The normalized spacial score (nSPS) is 36.3. The lowest BCUT2D eigenvalue weighted by Crippen LogP contribution is -2.25. The minimum Gasteiger partial charge on any atom is -0.388 e. The second-order valence-corrected chi connectivity index (χ2v) is 3.34. The third kappa shape index (κ3) is 1.50. The van der Waals surface area contributed by atoms with Gasteiger partial charge >= 0.3 is 0 Å². The highest BCUT2D eigenvalue weighted by Gasteiger charge is 2.39. The molecule has 1 aliphatic carbocycles. The summed E-state index contributed by atoms with van der Waals surface area (Å²) in [6.07, 6.45) is 2.99. The molecule has 0 N–H and O–H groups in total. The Labute approximate surface area is 63.2 Å². The standard InChI is InChI=1S/C6H11N.C2H6O/c1-7-4-5-2-6(7)3-5;1-3-2/h5-6H,2-4H2,1H3;1-2H3. The van der Waals surface area contributed by atoms with Gasteiger partial charge in [-0.05, 0) is 25.8 Å². The molecule has 10 heavy (non-hydrogen) atoms. The Bertz CT molecular complexity index is 99.4. The third-order valence-electron chi connectivity index (χ3n) is 2.38. The van der Waals surface area contributed by atoms with Crippen molar-refractivity contribution in [1.82, 2.24) is 4.90 Å². The van der Waals surface area contributed by atoms with Gasteiger partial charge in [-0.2, -0.15) is 0 Å². The van der Waals surface area contributed by atoms with Crippen LogP contribution in [0.1, 0.15) is 12.8 Å². The molecule has 2 bridgehead atoms. The first-order valence-corrected chi connectivity index (χ1v) is 3.88. The van der Waals surface area contributed by atoms with E-state index in [-0.39, 0.29) is 0 Å². The van der Waals surface area contributed by atoms with Gasteiger partial charge in [-0.25, -0.2) is 0 Å². The van der Waals surface area contributed by atoms with E-state index in [9.17, 15) is 0 Å². The van der Waals surface area contributed by atoms with E-state index in [1.54, 1.807) is 14.2 Å². The van der Waals surface area contributed by atoms with Crippen LogP contribution in [0.5, 0.6) is 0 Å². The van der Waals surface area contributed by atoms with Crippen LogP contribution in [-0.2, 0) is 4.74 Å². The Morgan fingerprint density at radius 2 is 1.80 bits per heavy atom. The van der Waals surface area contributed by atoms with Crippen molar-refractivity contribution in [3.05, 3.63) is 0 Å². The van der Waals surface area contributed by atoms with Gasteiger partial charge in [0.1, 0.15) is 0 Å². The fourth-order valence-corrected chi connectivity index (χ4v) is 1.77. The number of rotatable bonds is 0. The van der Waals surface area contributed by atoms with Gasteiger partial charge < -0.3 is 9.64 Å². The van der Waals surface area contributed by atoms with Crippen molar-refractivity contribution in [1.29, 1.82) is 0 Å². The van der Waals surface area contributed by atoms with E-state index in [0.717, 1.165) is 12.0 Å². The predicted molar refractivity (Wildman–Crippen MR) is 42.1 cm³/mol. The van der Waals surface area contributed by atoms with E-state index in [2.05, 4.69) is 16.7 Å². The maximum Gasteiger partial charge on any atom is 0.0351 e. The number of methoxy groups -OCH3 is 1. The van der Waals surface area contributed by atoms with E-state index in [0.29, 0.717) is 0 Å². The third-order valence-corrected chi connectivity index (χ3v) is 2.38. The van der Waals surface area contributed by atoms with Crippen LogP contribution in [0.15, 0.2) is 0 Å². The molecule has 2 heterocycles. The summed E-state index contributed by atoms with van der Waals surface area (Å²) in [4.78, 5) is 2.48. The molecule has 1 saturated carbocycles. The molecule has 0 aromatic carbocycles. The van der Waals surface area contributed by atoms with Gasteiger partial charge in [0, 0.05) is 26.8 Å². The Kier molecular flexibility index (Phi) is 2.69. The van der Waals surface area contributed by atoms with Crippen LogP contribution in [0.2, 0.25) is 0 Å². The molecular formula is C8H17NO. The minimum absolute atomic E-state index is 0.991. The maximum absolute atomic E-state index is 4.25. The fraction of sp³-hybridized carbons (Fsp3) is 1.00. The smallest absolute Gasteiger partial charge is 0.0351 e. The van der Waals surface area contributed by atoms with Gasteiger partial charge in [0.2, 0.25) is 0 Å². The molecule has 2 saturated heterocycles. The summed E-state index contributed by atoms with van der Waals surface area (Å²) in [6.45, 7) is 1.38. The van der Waals surface area contributed by atoms with E-state index in [1.165, 1.54) is 19.4 Å². The first-order chi connectivity index (χ1) is 4.77. The second kappa shape index (κ2) is 3.35. The van der Waals surface area contributed by atoms with Crippen LogP contribution < -0.4 is 0 Å². The van der Waals surface area contributed by atoms with E-state index >= 15 is 0 Å².